The van der Waals surface area contributed by atoms with E-state index in [1.54, 1.807) is 0 Å². The minimum absolute atomic E-state index is 0.519. The van der Waals surface area contributed by atoms with E-state index in [-0.39, 0.29) is 0 Å². The van der Waals surface area contributed by atoms with Crippen LogP contribution >= 0.6 is 0 Å². The predicted octanol–water partition coefficient (Wildman–Crippen LogP) is 3.40. The Kier molecular flexibility index (Phi) is 4.00. The summed E-state index contributed by atoms with van der Waals surface area (Å²) in [5.74, 6) is 1.89. The first-order valence-electron chi connectivity index (χ1n) is 6.04. The zero-order valence-corrected chi connectivity index (χ0v) is 10.6. The van der Waals surface area contributed by atoms with Gasteiger partial charge in [-0.25, -0.2) is 0 Å². The van der Waals surface area contributed by atoms with Gasteiger partial charge in [-0.05, 0) is 50.6 Å². The van der Waals surface area contributed by atoms with Gasteiger partial charge in [0.25, 0.3) is 0 Å². The second kappa shape index (κ2) is 4.65. The molecule has 0 heterocycles. The highest BCUT2D eigenvalue weighted by molar-refractivity contribution is 4.81. The van der Waals surface area contributed by atoms with Crippen molar-refractivity contribution in [1.29, 1.82) is 0 Å². The molecule has 0 bridgehead atoms. The van der Waals surface area contributed by atoms with Crippen molar-refractivity contribution in [2.75, 3.05) is 20.6 Å². The summed E-state index contributed by atoms with van der Waals surface area (Å²) >= 11 is 0. The maximum absolute atomic E-state index is 2.40. The van der Waals surface area contributed by atoms with Crippen LogP contribution in [-0.4, -0.2) is 25.5 Å². The van der Waals surface area contributed by atoms with E-state index in [1.165, 1.54) is 32.2 Å². The molecule has 2 unspecified atom stereocenters. The molecule has 0 N–H and O–H groups in total. The van der Waals surface area contributed by atoms with E-state index in [0.717, 1.165) is 11.8 Å². The van der Waals surface area contributed by atoms with Crippen LogP contribution in [0.2, 0.25) is 0 Å². The van der Waals surface area contributed by atoms with Gasteiger partial charge in [0.1, 0.15) is 0 Å². The van der Waals surface area contributed by atoms with Gasteiger partial charge in [-0.3, -0.25) is 0 Å². The van der Waals surface area contributed by atoms with E-state index in [0.29, 0.717) is 5.41 Å². The normalized spacial score (nSPS) is 29.6. The Morgan fingerprint density at radius 3 is 2.29 bits per heavy atom. The van der Waals surface area contributed by atoms with Crippen LogP contribution < -0.4 is 0 Å². The molecule has 1 nitrogen and oxygen atoms in total. The van der Waals surface area contributed by atoms with Gasteiger partial charge in [0.2, 0.25) is 0 Å². The maximum Gasteiger partial charge on any atom is 0.000366 e. The highest BCUT2D eigenvalue weighted by atomic mass is 15.1. The van der Waals surface area contributed by atoms with Gasteiger partial charge in [-0.1, -0.05) is 27.2 Å². The lowest BCUT2D eigenvalue weighted by Crippen LogP contribution is -2.31. The first kappa shape index (κ1) is 12.0. The van der Waals surface area contributed by atoms with Gasteiger partial charge in [0.15, 0.2) is 0 Å². The quantitative estimate of drug-likeness (QED) is 0.656. The van der Waals surface area contributed by atoms with Gasteiger partial charge < -0.3 is 4.90 Å². The molecule has 2 atom stereocenters. The summed E-state index contributed by atoms with van der Waals surface area (Å²) in [6, 6.07) is 0. The molecule has 0 aromatic heterocycles. The Bertz CT molecular complexity index is 167. The summed E-state index contributed by atoms with van der Waals surface area (Å²) in [4.78, 5) is 2.34. The third-order valence-electron chi connectivity index (χ3n) is 3.63. The first-order chi connectivity index (χ1) is 6.39. The highest BCUT2D eigenvalue weighted by Crippen LogP contribution is 2.40. The fraction of sp³-hybridized carbons (Fsp3) is 1.00. The molecule has 0 saturated heterocycles. The predicted molar refractivity (Wildman–Crippen MR) is 63.5 cm³/mol. The maximum atomic E-state index is 2.40. The van der Waals surface area contributed by atoms with Crippen molar-refractivity contribution in [2.24, 2.45) is 17.3 Å². The van der Waals surface area contributed by atoms with Crippen LogP contribution in [0.25, 0.3) is 0 Å². The van der Waals surface area contributed by atoms with E-state index in [4.69, 9.17) is 0 Å². The molecule has 0 spiro atoms. The van der Waals surface area contributed by atoms with Crippen LogP contribution in [0.5, 0.6) is 0 Å². The average Bonchev–Trinajstić information content (AvgIpc) is 2.01. The van der Waals surface area contributed by atoms with Crippen LogP contribution in [-0.2, 0) is 0 Å². The summed E-state index contributed by atoms with van der Waals surface area (Å²) < 4.78 is 0. The molecular weight excluding hydrogens is 170 g/mol. The van der Waals surface area contributed by atoms with Crippen LogP contribution in [0.3, 0.4) is 0 Å². The van der Waals surface area contributed by atoms with Gasteiger partial charge in [0.05, 0.1) is 0 Å². The fourth-order valence-electron chi connectivity index (χ4n) is 2.76. The van der Waals surface area contributed by atoms with Crippen molar-refractivity contribution >= 4 is 0 Å². The lowest BCUT2D eigenvalue weighted by molar-refractivity contribution is 0.126. The topological polar surface area (TPSA) is 3.24 Å². The SMILES string of the molecule is CN(C)CC1CCCC(C(C)(C)C)C1. The van der Waals surface area contributed by atoms with Crippen LogP contribution in [0.15, 0.2) is 0 Å². The smallest absolute Gasteiger partial charge is 0.000366 e. The van der Waals surface area contributed by atoms with Crippen molar-refractivity contribution in [2.45, 2.75) is 46.5 Å². The Hall–Kier alpha value is -0.0400. The van der Waals surface area contributed by atoms with Gasteiger partial charge in [0, 0.05) is 6.54 Å². The van der Waals surface area contributed by atoms with E-state index in [1.807, 2.05) is 0 Å². The molecule has 1 fully saturated rings. The number of hydrogen-bond acceptors (Lipinski definition) is 1. The second-order valence-corrected chi connectivity index (χ2v) is 6.36. The largest absolute Gasteiger partial charge is 0.309 e. The molecule has 84 valence electrons. The van der Waals surface area contributed by atoms with Gasteiger partial charge >= 0.3 is 0 Å². The van der Waals surface area contributed by atoms with E-state index in [2.05, 4.69) is 39.8 Å². The number of nitrogens with zero attached hydrogens (tertiary/aromatic N) is 1. The molecule has 1 aliphatic carbocycles. The third kappa shape index (κ3) is 3.61. The van der Waals surface area contributed by atoms with Crippen molar-refractivity contribution in [3.63, 3.8) is 0 Å². The van der Waals surface area contributed by atoms with Crippen molar-refractivity contribution < 1.29 is 0 Å². The van der Waals surface area contributed by atoms with Gasteiger partial charge in [-0.2, -0.15) is 0 Å². The summed E-state index contributed by atoms with van der Waals surface area (Å²) in [5, 5.41) is 0. The zero-order valence-electron chi connectivity index (χ0n) is 10.6. The molecule has 1 saturated carbocycles. The van der Waals surface area contributed by atoms with Crippen LogP contribution in [0, 0.1) is 17.3 Å². The minimum Gasteiger partial charge on any atom is -0.309 e. The lowest BCUT2D eigenvalue weighted by Gasteiger charge is -2.38. The lowest BCUT2D eigenvalue weighted by atomic mass is 9.69. The first-order valence-corrected chi connectivity index (χ1v) is 6.04. The molecule has 0 aliphatic heterocycles. The van der Waals surface area contributed by atoms with Crippen LogP contribution in [0.1, 0.15) is 46.5 Å². The molecular formula is C13H27N. The Morgan fingerprint density at radius 1 is 1.14 bits per heavy atom. The van der Waals surface area contributed by atoms with Crippen molar-refractivity contribution in [3.8, 4) is 0 Å². The number of rotatable bonds is 2. The van der Waals surface area contributed by atoms with Crippen molar-refractivity contribution in [1.82, 2.24) is 4.90 Å². The molecule has 0 radical (unpaired) electrons. The third-order valence-corrected chi connectivity index (χ3v) is 3.63. The zero-order chi connectivity index (χ0) is 10.8. The molecule has 1 heteroatoms. The van der Waals surface area contributed by atoms with Crippen LogP contribution in [0.4, 0.5) is 0 Å². The highest BCUT2D eigenvalue weighted by Gasteiger charge is 2.30. The summed E-state index contributed by atoms with van der Waals surface area (Å²) in [7, 11) is 4.39. The molecule has 0 aromatic rings. The summed E-state index contributed by atoms with van der Waals surface area (Å²) in [6.07, 6.45) is 5.79. The molecule has 0 aromatic carbocycles. The standard InChI is InChI=1S/C13H27N/c1-13(2,3)12-8-6-7-11(9-12)10-14(4)5/h11-12H,6-10H2,1-5H3. The fourth-order valence-corrected chi connectivity index (χ4v) is 2.76. The van der Waals surface area contributed by atoms with E-state index < -0.39 is 0 Å². The number of hydrogen-bond donors (Lipinski definition) is 0. The minimum atomic E-state index is 0.519. The Morgan fingerprint density at radius 2 is 1.79 bits per heavy atom. The van der Waals surface area contributed by atoms with Gasteiger partial charge in [-0.15, -0.1) is 0 Å². The molecule has 14 heavy (non-hydrogen) atoms. The summed E-state index contributed by atoms with van der Waals surface area (Å²) in [5.41, 5.74) is 0.519. The second-order valence-electron chi connectivity index (χ2n) is 6.36. The monoisotopic (exact) mass is 197 g/mol. The Balaban J connectivity index is 2.44. The Labute approximate surface area is 89.9 Å². The average molecular weight is 197 g/mol. The molecule has 1 rings (SSSR count). The van der Waals surface area contributed by atoms with Crippen molar-refractivity contribution in [3.05, 3.63) is 0 Å². The van der Waals surface area contributed by atoms with E-state index in [9.17, 15) is 0 Å². The molecule has 0 amide bonds. The van der Waals surface area contributed by atoms with E-state index >= 15 is 0 Å². The molecule has 1 aliphatic rings. The summed E-state index contributed by atoms with van der Waals surface area (Å²) in [6.45, 7) is 8.48.